The monoisotopic (exact) mass is 243 g/mol. The summed E-state index contributed by atoms with van der Waals surface area (Å²) in [6.45, 7) is 9.36. The van der Waals surface area contributed by atoms with Crippen LogP contribution in [0.15, 0.2) is 36.5 Å². The number of nitriles is 1. The average molecular weight is 243 g/mol. The van der Waals surface area contributed by atoms with Crippen LogP contribution in [0.4, 0.5) is 0 Å². The highest BCUT2D eigenvalue weighted by Gasteiger charge is 2.29. The summed E-state index contributed by atoms with van der Waals surface area (Å²) in [5, 5.41) is 8.88. The van der Waals surface area contributed by atoms with Crippen LogP contribution in [0, 0.1) is 11.3 Å². The largest absolute Gasteiger partial charge is 0.298 e. The smallest absolute Gasteiger partial charge is 0.0991 e. The van der Waals surface area contributed by atoms with E-state index in [0.29, 0.717) is 5.57 Å². The Hall–Kier alpha value is -1.37. The summed E-state index contributed by atoms with van der Waals surface area (Å²) >= 11 is 0. The third-order valence-corrected chi connectivity index (χ3v) is 3.76. The summed E-state index contributed by atoms with van der Waals surface area (Å²) < 4.78 is 0. The molecule has 0 bridgehead atoms. The normalized spacial score (nSPS) is 26.2. The third-order valence-electron chi connectivity index (χ3n) is 3.76. The number of fused-ring (bicyclic) bond motifs is 1. The molecule has 0 radical (unpaired) electrons. The number of hydrogen-bond donors (Lipinski definition) is 0. The third kappa shape index (κ3) is 3.32. The SMILES string of the molecule is C=C/C=C(C#N)\C=C/CN1CCN2CCCC2C1. The summed E-state index contributed by atoms with van der Waals surface area (Å²) in [5.41, 5.74) is 0.671. The zero-order valence-electron chi connectivity index (χ0n) is 10.9. The molecule has 0 amide bonds. The Labute approximate surface area is 110 Å². The molecule has 0 aromatic carbocycles. The summed E-state index contributed by atoms with van der Waals surface area (Å²) in [6, 6.07) is 2.92. The molecule has 2 fully saturated rings. The van der Waals surface area contributed by atoms with E-state index >= 15 is 0 Å². The molecule has 2 rings (SSSR count). The molecule has 1 unspecified atom stereocenters. The van der Waals surface area contributed by atoms with E-state index in [1.54, 1.807) is 12.2 Å². The fourth-order valence-corrected chi connectivity index (χ4v) is 2.81. The van der Waals surface area contributed by atoms with Gasteiger partial charge < -0.3 is 0 Å². The average Bonchev–Trinajstić information content (AvgIpc) is 2.85. The first-order valence-electron chi connectivity index (χ1n) is 6.69. The van der Waals surface area contributed by atoms with E-state index in [9.17, 15) is 0 Å². The minimum absolute atomic E-state index is 0.671. The number of piperazine rings is 1. The van der Waals surface area contributed by atoms with Crippen molar-refractivity contribution >= 4 is 0 Å². The summed E-state index contributed by atoms with van der Waals surface area (Å²) in [6.07, 6.45) is 10.1. The van der Waals surface area contributed by atoms with Gasteiger partial charge in [-0.05, 0) is 31.5 Å². The van der Waals surface area contributed by atoms with Gasteiger partial charge in [-0.1, -0.05) is 18.7 Å². The molecule has 3 heteroatoms. The minimum atomic E-state index is 0.671. The Morgan fingerprint density at radius 1 is 1.39 bits per heavy atom. The lowest BCUT2D eigenvalue weighted by atomic mass is 10.1. The molecule has 0 aromatic heterocycles. The van der Waals surface area contributed by atoms with E-state index in [0.717, 1.165) is 19.1 Å². The van der Waals surface area contributed by atoms with Gasteiger partial charge in [-0.25, -0.2) is 0 Å². The van der Waals surface area contributed by atoms with E-state index in [-0.39, 0.29) is 0 Å². The van der Waals surface area contributed by atoms with Gasteiger partial charge in [-0.15, -0.1) is 0 Å². The van der Waals surface area contributed by atoms with Crippen LogP contribution in [0.1, 0.15) is 12.8 Å². The highest BCUT2D eigenvalue weighted by molar-refractivity contribution is 5.35. The Balaban J connectivity index is 1.80. The number of allylic oxidation sites excluding steroid dienone is 4. The zero-order chi connectivity index (χ0) is 12.8. The maximum Gasteiger partial charge on any atom is 0.0991 e. The molecule has 96 valence electrons. The van der Waals surface area contributed by atoms with Gasteiger partial charge in [0, 0.05) is 32.2 Å². The lowest BCUT2D eigenvalue weighted by molar-refractivity contribution is 0.114. The molecule has 2 heterocycles. The van der Waals surface area contributed by atoms with Gasteiger partial charge in [0.1, 0.15) is 0 Å². The molecule has 0 aliphatic carbocycles. The van der Waals surface area contributed by atoms with Crippen molar-refractivity contribution in [1.29, 1.82) is 5.26 Å². The molecule has 1 atom stereocenters. The molecule has 0 aromatic rings. The number of nitrogens with zero attached hydrogens (tertiary/aromatic N) is 3. The number of hydrogen-bond acceptors (Lipinski definition) is 3. The molecular formula is C15H21N3. The second-order valence-corrected chi connectivity index (χ2v) is 4.96. The van der Waals surface area contributed by atoms with Gasteiger partial charge in [-0.3, -0.25) is 9.80 Å². The molecule has 2 saturated heterocycles. The predicted octanol–water partition coefficient (Wildman–Crippen LogP) is 1.96. The first kappa shape index (κ1) is 13.1. The van der Waals surface area contributed by atoms with Crippen molar-refractivity contribution in [3.63, 3.8) is 0 Å². The van der Waals surface area contributed by atoms with Crippen molar-refractivity contribution in [3.05, 3.63) is 36.5 Å². The van der Waals surface area contributed by atoms with Crippen LogP contribution in [-0.4, -0.2) is 48.6 Å². The van der Waals surface area contributed by atoms with Gasteiger partial charge in [0.2, 0.25) is 0 Å². The van der Waals surface area contributed by atoms with Crippen molar-refractivity contribution in [3.8, 4) is 6.07 Å². The van der Waals surface area contributed by atoms with Crippen LogP contribution in [0.5, 0.6) is 0 Å². The van der Waals surface area contributed by atoms with Crippen LogP contribution in [-0.2, 0) is 0 Å². The predicted molar refractivity (Wildman–Crippen MR) is 74.1 cm³/mol. The molecule has 2 aliphatic rings. The van der Waals surface area contributed by atoms with E-state index in [2.05, 4.69) is 28.5 Å². The van der Waals surface area contributed by atoms with Crippen molar-refractivity contribution in [2.75, 3.05) is 32.7 Å². The first-order valence-corrected chi connectivity index (χ1v) is 6.69. The highest BCUT2D eigenvalue weighted by atomic mass is 15.3. The van der Waals surface area contributed by atoms with Crippen LogP contribution >= 0.6 is 0 Å². The fourth-order valence-electron chi connectivity index (χ4n) is 2.81. The summed E-state index contributed by atoms with van der Waals surface area (Å²) in [4.78, 5) is 5.09. The Kier molecular flexibility index (Phi) is 4.74. The Bertz CT molecular complexity index is 389. The van der Waals surface area contributed by atoms with E-state index in [1.165, 1.54) is 32.5 Å². The van der Waals surface area contributed by atoms with Gasteiger partial charge in [0.25, 0.3) is 0 Å². The topological polar surface area (TPSA) is 30.3 Å². The highest BCUT2D eigenvalue weighted by Crippen LogP contribution is 2.21. The van der Waals surface area contributed by atoms with E-state index in [1.807, 2.05) is 6.08 Å². The van der Waals surface area contributed by atoms with Gasteiger partial charge in [0.15, 0.2) is 0 Å². The standard InChI is InChI=1S/C15H21N3/c1-2-5-14(12-16)6-3-8-17-10-11-18-9-4-7-15(18)13-17/h2-3,5-6,15H,1,4,7-11,13H2/b6-3-,14-5+. The maximum atomic E-state index is 8.88. The molecule has 18 heavy (non-hydrogen) atoms. The number of rotatable bonds is 4. The molecule has 0 N–H and O–H groups in total. The van der Waals surface area contributed by atoms with Crippen molar-refractivity contribution < 1.29 is 0 Å². The molecule has 0 saturated carbocycles. The van der Waals surface area contributed by atoms with E-state index in [4.69, 9.17) is 5.26 Å². The van der Waals surface area contributed by atoms with Crippen LogP contribution in [0.25, 0.3) is 0 Å². The lowest BCUT2D eigenvalue weighted by Gasteiger charge is -2.36. The maximum absolute atomic E-state index is 8.88. The second kappa shape index (κ2) is 6.53. The summed E-state index contributed by atoms with van der Waals surface area (Å²) in [7, 11) is 0. The van der Waals surface area contributed by atoms with Crippen molar-refractivity contribution in [2.24, 2.45) is 0 Å². The summed E-state index contributed by atoms with van der Waals surface area (Å²) in [5.74, 6) is 0. The quantitative estimate of drug-likeness (QED) is 0.558. The van der Waals surface area contributed by atoms with Crippen LogP contribution < -0.4 is 0 Å². The van der Waals surface area contributed by atoms with Crippen LogP contribution in [0.2, 0.25) is 0 Å². The molecule has 3 nitrogen and oxygen atoms in total. The van der Waals surface area contributed by atoms with Crippen molar-refractivity contribution in [2.45, 2.75) is 18.9 Å². The fraction of sp³-hybridized carbons (Fsp3) is 0.533. The van der Waals surface area contributed by atoms with Crippen LogP contribution in [0.3, 0.4) is 0 Å². The first-order chi connectivity index (χ1) is 8.83. The second-order valence-electron chi connectivity index (χ2n) is 4.96. The van der Waals surface area contributed by atoms with E-state index < -0.39 is 0 Å². The lowest BCUT2D eigenvalue weighted by Crippen LogP contribution is -2.49. The van der Waals surface area contributed by atoms with Gasteiger partial charge in [-0.2, -0.15) is 5.26 Å². The molecule has 2 aliphatic heterocycles. The minimum Gasteiger partial charge on any atom is -0.298 e. The van der Waals surface area contributed by atoms with Crippen molar-refractivity contribution in [1.82, 2.24) is 9.80 Å². The van der Waals surface area contributed by atoms with Gasteiger partial charge in [0.05, 0.1) is 11.6 Å². The molecule has 0 spiro atoms. The Morgan fingerprint density at radius 2 is 2.28 bits per heavy atom. The van der Waals surface area contributed by atoms with Gasteiger partial charge >= 0.3 is 0 Å². The molecular weight excluding hydrogens is 222 g/mol. The zero-order valence-corrected chi connectivity index (χ0v) is 10.9. The Morgan fingerprint density at radius 3 is 3.06 bits per heavy atom.